The summed E-state index contributed by atoms with van der Waals surface area (Å²) in [6.45, 7) is 7.98. The maximum absolute atomic E-state index is 12.4. The summed E-state index contributed by atoms with van der Waals surface area (Å²) < 4.78 is 5.72. The van der Waals surface area contributed by atoms with Crippen LogP contribution in [-0.4, -0.2) is 12.1 Å². The summed E-state index contributed by atoms with van der Waals surface area (Å²) in [4.78, 5) is 12.4. The van der Waals surface area contributed by atoms with E-state index in [1.54, 1.807) is 0 Å². The van der Waals surface area contributed by atoms with E-state index >= 15 is 0 Å². The average Bonchev–Trinajstić information content (AvgIpc) is 2.50. The molecular formula is C19H24N2O2. The second kappa shape index (κ2) is 7.68. The lowest BCUT2D eigenvalue weighted by Crippen LogP contribution is -2.21. The lowest BCUT2D eigenvalue weighted by Gasteiger charge is -2.17. The molecule has 23 heavy (non-hydrogen) atoms. The second-order valence-electron chi connectivity index (χ2n) is 5.70. The van der Waals surface area contributed by atoms with Gasteiger partial charge < -0.3 is 15.4 Å². The third-order valence-corrected chi connectivity index (χ3v) is 3.48. The first-order valence-electron chi connectivity index (χ1n) is 7.93. The molecule has 0 aliphatic carbocycles. The summed E-state index contributed by atoms with van der Waals surface area (Å²) in [5.74, 6) is 0.665. The fraction of sp³-hybridized carbons (Fsp3) is 0.316. The minimum Gasteiger partial charge on any atom is -0.489 e. The Morgan fingerprint density at radius 2 is 1.83 bits per heavy atom. The van der Waals surface area contributed by atoms with Gasteiger partial charge in [-0.15, -0.1) is 0 Å². The van der Waals surface area contributed by atoms with Gasteiger partial charge in [-0.05, 0) is 50.5 Å². The summed E-state index contributed by atoms with van der Waals surface area (Å²) in [6, 6.07) is 13.2. The minimum absolute atomic E-state index is 0.0454. The number of ether oxygens (including phenoxy) is 1. The number of nitrogens with one attached hydrogen (secondary N) is 2. The van der Waals surface area contributed by atoms with Crippen molar-refractivity contribution < 1.29 is 9.53 Å². The van der Waals surface area contributed by atoms with E-state index in [1.165, 1.54) is 0 Å². The van der Waals surface area contributed by atoms with E-state index in [4.69, 9.17) is 4.74 Å². The van der Waals surface area contributed by atoms with Crippen LogP contribution in [0.5, 0.6) is 5.75 Å². The molecule has 2 aromatic carbocycles. The van der Waals surface area contributed by atoms with Crippen LogP contribution in [0.15, 0.2) is 42.5 Å². The Hall–Kier alpha value is -2.49. The third kappa shape index (κ3) is 4.49. The number of carbonyl (C=O) groups is 1. The van der Waals surface area contributed by atoms with Crippen LogP contribution in [0.3, 0.4) is 0 Å². The van der Waals surface area contributed by atoms with Crippen molar-refractivity contribution in [2.24, 2.45) is 0 Å². The van der Waals surface area contributed by atoms with Crippen LogP contribution in [0.2, 0.25) is 0 Å². The van der Waals surface area contributed by atoms with Crippen molar-refractivity contribution in [1.82, 2.24) is 0 Å². The molecule has 0 bridgehead atoms. The number of carbonyl (C=O) groups excluding carboxylic acids is 1. The van der Waals surface area contributed by atoms with Gasteiger partial charge in [-0.3, -0.25) is 0 Å². The van der Waals surface area contributed by atoms with Gasteiger partial charge >= 0.3 is 6.03 Å². The van der Waals surface area contributed by atoms with Crippen molar-refractivity contribution >= 4 is 17.4 Å². The molecule has 2 amide bonds. The number of aryl methyl sites for hydroxylation is 2. The van der Waals surface area contributed by atoms with Crippen molar-refractivity contribution in [2.75, 3.05) is 10.6 Å². The number of anilines is 2. The second-order valence-corrected chi connectivity index (χ2v) is 5.70. The zero-order valence-corrected chi connectivity index (χ0v) is 14.1. The van der Waals surface area contributed by atoms with E-state index < -0.39 is 0 Å². The maximum atomic E-state index is 12.4. The molecule has 4 nitrogen and oxygen atoms in total. The van der Waals surface area contributed by atoms with Crippen LogP contribution < -0.4 is 15.4 Å². The third-order valence-electron chi connectivity index (χ3n) is 3.48. The average molecular weight is 312 g/mol. The molecule has 0 aliphatic rings. The Morgan fingerprint density at radius 3 is 2.52 bits per heavy atom. The molecule has 0 saturated heterocycles. The summed E-state index contributed by atoms with van der Waals surface area (Å²) >= 11 is 0. The van der Waals surface area contributed by atoms with Crippen molar-refractivity contribution in [3.63, 3.8) is 0 Å². The van der Waals surface area contributed by atoms with Crippen LogP contribution >= 0.6 is 0 Å². The van der Waals surface area contributed by atoms with Crippen LogP contribution in [0.1, 0.15) is 31.9 Å². The lowest BCUT2D eigenvalue weighted by atomic mass is 10.1. The smallest absolute Gasteiger partial charge is 0.323 e. The molecule has 0 aliphatic heterocycles. The number of hydrogen-bond donors (Lipinski definition) is 2. The van der Waals surface area contributed by atoms with E-state index in [0.29, 0.717) is 11.4 Å². The molecule has 0 radical (unpaired) electrons. The van der Waals surface area contributed by atoms with Gasteiger partial charge in [0.15, 0.2) is 0 Å². The van der Waals surface area contributed by atoms with E-state index in [0.717, 1.165) is 23.2 Å². The Balaban J connectivity index is 2.15. The fourth-order valence-corrected chi connectivity index (χ4v) is 2.40. The van der Waals surface area contributed by atoms with E-state index in [1.807, 2.05) is 63.2 Å². The van der Waals surface area contributed by atoms with E-state index in [9.17, 15) is 4.79 Å². The number of urea groups is 1. The first kappa shape index (κ1) is 16.9. The van der Waals surface area contributed by atoms with E-state index in [2.05, 4.69) is 17.6 Å². The molecule has 2 rings (SSSR count). The SMILES string of the molecule is CCc1cccc(C)c1NC(=O)Nc1ccccc1OC(C)C. The molecule has 122 valence electrons. The Labute approximate surface area is 137 Å². The van der Waals surface area contributed by atoms with Gasteiger partial charge in [-0.1, -0.05) is 37.3 Å². The maximum Gasteiger partial charge on any atom is 0.323 e. The van der Waals surface area contributed by atoms with Crippen molar-refractivity contribution in [1.29, 1.82) is 0 Å². The number of hydrogen-bond acceptors (Lipinski definition) is 2. The van der Waals surface area contributed by atoms with Crippen LogP contribution in [0.4, 0.5) is 16.2 Å². The number of para-hydroxylation sites is 3. The zero-order chi connectivity index (χ0) is 16.8. The number of rotatable bonds is 5. The van der Waals surface area contributed by atoms with Crippen molar-refractivity contribution in [3.05, 3.63) is 53.6 Å². The molecular weight excluding hydrogens is 288 g/mol. The highest BCUT2D eigenvalue weighted by Gasteiger charge is 2.11. The van der Waals surface area contributed by atoms with Gasteiger partial charge in [0.25, 0.3) is 0 Å². The molecule has 0 heterocycles. The normalized spacial score (nSPS) is 10.5. The van der Waals surface area contributed by atoms with Gasteiger partial charge in [0, 0.05) is 5.69 Å². The van der Waals surface area contributed by atoms with Gasteiger partial charge in [0.1, 0.15) is 5.75 Å². The highest BCUT2D eigenvalue weighted by atomic mass is 16.5. The fourth-order valence-electron chi connectivity index (χ4n) is 2.40. The summed E-state index contributed by atoms with van der Waals surface area (Å²) in [5, 5.41) is 5.82. The summed E-state index contributed by atoms with van der Waals surface area (Å²) in [5.41, 5.74) is 3.69. The largest absolute Gasteiger partial charge is 0.489 e. The molecule has 0 spiro atoms. The Kier molecular flexibility index (Phi) is 5.63. The van der Waals surface area contributed by atoms with Crippen LogP contribution in [0, 0.1) is 6.92 Å². The van der Waals surface area contributed by atoms with Gasteiger partial charge in [0.2, 0.25) is 0 Å². The minimum atomic E-state index is -0.270. The Morgan fingerprint density at radius 1 is 1.09 bits per heavy atom. The summed E-state index contributed by atoms with van der Waals surface area (Å²) in [6.07, 6.45) is 0.911. The highest BCUT2D eigenvalue weighted by Crippen LogP contribution is 2.26. The monoisotopic (exact) mass is 312 g/mol. The molecule has 0 unspecified atom stereocenters. The first-order chi connectivity index (χ1) is 11.0. The molecule has 0 aromatic heterocycles. The van der Waals surface area contributed by atoms with Crippen molar-refractivity contribution in [2.45, 2.75) is 40.2 Å². The lowest BCUT2D eigenvalue weighted by molar-refractivity contribution is 0.243. The molecule has 4 heteroatoms. The Bertz CT molecular complexity index is 681. The number of benzene rings is 2. The predicted molar refractivity (Wildman–Crippen MR) is 95.4 cm³/mol. The highest BCUT2D eigenvalue weighted by molar-refractivity contribution is 6.01. The van der Waals surface area contributed by atoms with Crippen LogP contribution in [-0.2, 0) is 6.42 Å². The van der Waals surface area contributed by atoms with Crippen LogP contribution in [0.25, 0.3) is 0 Å². The molecule has 0 fully saturated rings. The first-order valence-corrected chi connectivity index (χ1v) is 7.93. The standard InChI is InChI=1S/C19H24N2O2/c1-5-15-10-8-9-14(4)18(15)21-19(22)20-16-11-6-7-12-17(16)23-13(2)3/h6-13H,5H2,1-4H3,(H2,20,21,22). The zero-order valence-electron chi connectivity index (χ0n) is 14.1. The number of amides is 2. The topological polar surface area (TPSA) is 50.4 Å². The van der Waals surface area contributed by atoms with Gasteiger partial charge in [-0.2, -0.15) is 0 Å². The molecule has 2 N–H and O–H groups in total. The molecule has 2 aromatic rings. The van der Waals surface area contributed by atoms with E-state index in [-0.39, 0.29) is 12.1 Å². The predicted octanol–water partition coefficient (Wildman–Crippen LogP) is 4.99. The van der Waals surface area contributed by atoms with Gasteiger partial charge in [0.05, 0.1) is 11.8 Å². The molecule has 0 saturated carbocycles. The summed E-state index contributed by atoms with van der Waals surface area (Å²) in [7, 11) is 0. The molecule has 0 atom stereocenters. The quantitative estimate of drug-likeness (QED) is 0.817. The van der Waals surface area contributed by atoms with Gasteiger partial charge in [-0.25, -0.2) is 4.79 Å². The van der Waals surface area contributed by atoms with Crippen molar-refractivity contribution in [3.8, 4) is 5.75 Å².